The average Bonchev–Trinajstić information content (AvgIpc) is 1.83. The largest absolute Gasteiger partial charge is 0.374 e. The van der Waals surface area contributed by atoms with Crippen molar-refractivity contribution < 1.29 is 4.79 Å². The van der Waals surface area contributed by atoms with Gasteiger partial charge in [0.15, 0.2) is 8.24 Å². The van der Waals surface area contributed by atoms with E-state index in [1.54, 1.807) is 0 Å². The standard InChI is InChI=1S/C8H19NOSi/c1-8(2,3)11(5,6)9(4)7-10/h7H,1-6H3. The molecule has 0 fully saturated rings. The molecule has 0 aliphatic heterocycles. The number of rotatable bonds is 2. The van der Waals surface area contributed by atoms with E-state index in [9.17, 15) is 4.79 Å². The van der Waals surface area contributed by atoms with Gasteiger partial charge in [-0.15, -0.1) is 0 Å². The molecular weight excluding hydrogens is 154 g/mol. The summed E-state index contributed by atoms with van der Waals surface area (Å²) in [5.74, 6) is 0. The molecule has 0 N–H and O–H groups in total. The van der Waals surface area contributed by atoms with E-state index in [1.807, 2.05) is 11.6 Å². The molecule has 0 aliphatic rings. The first-order chi connectivity index (χ1) is 4.73. The summed E-state index contributed by atoms with van der Waals surface area (Å²) in [4.78, 5) is 10.6. The van der Waals surface area contributed by atoms with E-state index in [-0.39, 0.29) is 5.04 Å². The molecule has 0 atom stereocenters. The minimum absolute atomic E-state index is 0.253. The van der Waals surface area contributed by atoms with Crippen molar-refractivity contribution in [3.63, 3.8) is 0 Å². The molecule has 0 saturated carbocycles. The smallest absolute Gasteiger partial charge is 0.201 e. The summed E-state index contributed by atoms with van der Waals surface area (Å²) in [5, 5.41) is 0.253. The number of carbonyl (C=O) groups excluding carboxylic acids is 1. The maximum absolute atomic E-state index is 10.6. The third kappa shape index (κ3) is 2.06. The van der Waals surface area contributed by atoms with Crippen LogP contribution in [-0.4, -0.2) is 26.3 Å². The van der Waals surface area contributed by atoms with E-state index >= 15 is 0 Å². The quantitative estimate of drug-likeness (QED) is 0.462. The zero-order valence-electron chi connectivity index (χ0n) is 8.43. The lowest BCUT2D eigenvalue weighted by atomic mass is 10.2. The summed E-state index contributed by atoms with van der Waals surface area (Å²) in [6.45, 7) is 11.0. The van der Waals surface area contributed by atoms with Crippen LogP contribution in [0.4, 0.5) is 0 Å². The zero-order chi connectivity index (χ0) is 9.28. The zero-order valence-corrected chi connectivity index (χ0v) is 9.43. The molecule has 0 aromatic carbocycles. The van der Waals surface area contributed by atoms with Gasteiger partial charge in [-0.1, -0.05) is 33.9 Å². The Bertz CT molecular complexity index is 149. The fraction of sp³-hybridized carbons (Fsp3) is 0.875. The summed E-state index contributed by atoms with van der Waals surface area (Å²) < 4.78 is 1.85. The average molecular weight is 173 g/mol. The van der Waals surface area contributed by atoms with E-state index < -0.39 is 8.24 Å². The van der Waals surface area contributed by atoms with Crippen LogP contribution in [-0.2, 0) is 4.79 Å². The molecule has 11 heavy (non-hydrogen) atoms. The first-order valence-electron chi connectivity index (χ1n) is 3.91. The van der Waals surface area contributed by atoms with Gasteiger partial charge in [0.2, 0.25) is 6.41 Å². The Morgan fingerprint density at radius 1 is 1.27 bits per heavy atom. The molecule has 0 rings (SSSR count). The molecule has 0 radical (unpaired) electrons. The van der Waals surface area contributed by atoms with Crippen molar-refractivity contribution in [2.45, 2.75) is 38.9 Å². The van der Waals surface area contributed by atoms with Crippen molar-refractivity contribution >= 4 is 14.6 Å². The van der Waals surface area contributed by atoms with E-state index in [4.69, 9.17) is 0 Å². The topological polar surface area (TPSA) is 20.3 Å². The van der Waals surface area contributed by atoms with Crippen LogP contribution in [0, 0.1) is 0 Å². The normalized spacial score (nSPS) is 12.9. The van der Waals surface area contributed by atoms with Crippen LogP contribution in [0.3, 0.4) is 0 Å². The summed E-state index contributed by atoms with van der Waals surface area (Å²) in [6.07, 6.45) is 0.942. The summed E-state index contributed by atoms with van der Waals surface area (Å²) in [6, 6.07) is 0. The first-order valence-corrected chi connectivity index (χ1v) is 6.86. The fourth-order valence-electron chi connectivity index (χ4n) is 0.661. The maximum atomic E-state index is 10.6. The predicted octanol–water partition coefficient (Wildman–Crippen LogP) is 2.08. The molecule has 3 heteroatoms. The van der Waals surface area contributed by atoms with Gasteiger partial charge in [0.05, 0.1) is 0 Å². The Balaban J connectivity index is 4.58. The Kier molecular flexibility index (Phi) is 2.89. The second-order valence-electron chi connectivity index (χ2n) is 4.53. The van der Waals surface area contributed by atoms with Gasteiger partial charge in [0, 0.05) is 7.05 Å². The molecule has 0 unspecified atom stereocenters. The van der Waals surface area contributed by atoms with Gasteiger partial charge in [-0.2, -0.15) is 0 Å². The number of nitrogens with zero attached hydrogens (tertiary/aromatic N) is 1. The highest BCUT2D eigenvalue weighted by atomic mass is 28.3. The molecule has 0 saturated heterocycles. The van der Waals surface area contributed by atoms with E-state index in [0.29, 0.717) is 0 Å². The van der Waals surface area contributed by atoms with Crippen molar-refractivity contribution in [1.29, 1.82) is 0 Å². The first kappa shape index (κ1) is 10.7. The van der Waals surface area contributed by atoms with Gasteiger partial charge in [0.1, 0.15) is 0 Å². The van der Waals surface area contributed by atoms with Gasteiger partial charge in [-0.05, 0) is 5.04 Å². The molecule has 0 bridgehead atoms. The minimum Gasteiger partial charge on any atom is -0.374 e. The monoisotopic (exact) mass is 173 g/mol. The molecule has 0 aromatic rings. The molecule has 0 spiro atoms. The van der Waals surface area contributed by atoms with Crippen LogP contribution < -0.4 is 0 Å². The molecule has 66 valence electrons. The lowest BCUT2D eigenvalue weighted by Gasteiger charge is -2.41. The lowest BCUT2D eigenvalue weighted by Crippen LogP contribution is -2.52. The van der Waals surface area contributed by atoms with Gasteiger partial charge in [0.25, 0.3) is 0 Å². The van der Waals surface area contributed by atoms with E-state index in [2.05, 4.69) is 33.9 Å². The van der Waals surface area contributed by atoms with Crippen molar-refractivity contribution in [3.8, 4) is 0 Å². The van der Waals surface area contributed by atoms with Gasteiger partial charge >= 0.3 is 0 Å². The highest BCUT2D eigenvalue weighted by molar-refractivity contribution is 6.78. The molecule has 0 heterocycles. The molecule has 2 nitrogen and oxygen atoms in total. The number of hydrogen-bond donors (Lipinski definition) is 0. The highest BCUT2D eigenvalue weighted by Gasteiger charge is 2.38. The second-order valence-corrected chi connectivity index (χ2v) is 9.85. The Labute approximate surface area is 70.7 Å². The molecule has 0 aliphatic carbocycles. The SMILES string of the molecule is CN(C=O)[Si](C)(C)C(C)(C)C. The molecular formula is C8H19NOSi. The van der Waals surface area contributed by atoms with Crippen molar-refractivity contribution in [1.82, 2.24) is 4.57 Å². The summed E-state index contributed by atoms with van der Waals surface area (Å²) in [7, 11) is 0.336. The Morgan fingerprint density at radius 3 is 1.73 bits per heavy atom. The minimum atomic E-state index is -1.54. The van der Waals surface area contributed by atoms with Crippen molar-refractivity contribution in [2.75, 3.05) is 7.05 Å². The van der Waals surface area contributed by atoms with E-state index in [0.717, 1.165) is 6.41 Å². The summed E-state index contributed by atoms with van der Waals surface area (Å²) >= 11 is 0. The number of carbonyl (C=O) groups is 1. The van der Waals surface area contributed by atoms with E-state index in [1.165, 1.54) is 0 Å². The maximum Gasteiger partial charge on any atom is 0.201 e. The van der Waals surface area contributed by atoms with Crippen molar-refractivity contribution in [2.24, 2.45) is 0 Å². The van der Waals surface area contributed by atoms with Crippen LogP contribution in [0.15, 0.2) is 0 Å². The highest BCUT2D eigenvalue weighted by Crippen LogP contribution is 2.36. The fourth-order valence-corrected chi connectivity index (χ4v) is 1.98. The Morgan fingerprint density at radius 2 is 1.64 bits per heavy atom. The Hall–Kier alpha value is -0.313. The number of hydrogen-bond acceptors (Lipinski definition) is 1. The molecule has 0 aromatic heterocycles. The predicted molar refractivity (Wildman–Crippen MR) is 51.0 cm³/mol. The third-order valence-corrected chi connectivity index (χ3v) is 8.42. The van der Waals surface area contributed by atoms with Crippen LogP contribution in [0.25, 0.3) is 0 Å². The number of amides is 1. The van der Waals surface area contributed by atoms with Gasteiger partial charge in [-0.3, -0.25) is 4.79 Å². The van der Waals surface area contributed by atoms with Gasteiger partial charge < -0.3 is 4.57 Å². The molecule has 1 amide bonds. The lowest BCUT2D eigenvalue weighted by molar-refractivity contribution is -0.114. The third-order valence-electron chi connectivity index (χ3n) is 2.88. The van der Waals surface area contributed by atoms with Crippen LogP contribution >= 0.6 is 0 Å². The van der Waals surface area contributed by atoms with Gasteiger partial charge in [-0.25, -0.2) is 0 Å². The van der Waals surface area contributed by atoms with Crippen LogP contribution in [0.2, 0.25) is 18.1 Å². The van der Waals surface area contributed by atoms with Crippen LogP contribution in [0.5, 0.6) is 0 Å². The summed E-state index contributed by atoms with van der Waals surface area (Å²) in [5.41, 5.74) is 0. The van der Waals surface area contributed by atoms with Crippen LogP contribution in [0.1, 0.15) is 20.8 Å². The van der Waals surface area contributed by atoms with Crippen molar-refractivity contribution in [3.05, 3.63) is 0 Å². The second kappa shape index (κ2) is 2.97.